The number of hydrogen-bond donors (Lipinski definition) is 1. The van der Waals surface area contributed by atoms with E-state index in [1.54, 1.807) is 0 Å². The van der Waals surface area contributed by atoms with E-state index < -0.39 is 0 Å². The minimum Gasteiger partial charge on any atom is -0.309 e. The number of piperazine rings is 1. The van der Waals surface area contributed by atoms with Gasteiger partial charge in [0.25, 0.3) is 0 Å². The third-order valence-electron chi connectivity index (χ3n) is 6.21. The Kier molecular flexibility index (Phi) is 4.16. The van der Waals surface area contributed by atoms with Crippen molar-refractivity contribution in [2.24, 2.45) is 23.7 Å². The van der Waals surface area contributed by atoms with E-state index in [-0.39, 0.29) is 0 Å². The molecule has 2 aliphatic carbocycles. The first-order valence-electron chi connectivity index (χ1n) is 9.01. The van der Waals surface area contributed by atoms with Crippen molar-refractivity contribution in [2.75, 3.05) is 19.6 Å². The number of nitrogens with zero attached hydrogens (tertiary/aromatic N) is 1. The molecule has 3 rings (SSSR count). The number of rotatable bonds is 6. The second kappa shape index (κ2) is 5.61. The molecule has 0 spiro atoms. The van der Waals surface area contributed by atoms with Gasteiger partial charge in [-0.1, -0.05) is 20.8 Å². The summed E-state index contributed by atoms with van der Waals surface area (Å²) in [6.45, 7) is 13.4. The summed E-state index contributed by atoms with van der Waals surface area (Å²) in [6.07, 6.45) is 7.32. The van der Waals surface area contributed by atoms with Crippen LogP contribution in [0.4, 0.5) is 0 Å². The van der Waals surface area contributed by atoms with E-state index in [0.717, 1.165) is 29.7 Å². The molecule has 0 radical (unpaired) electrons. The molecule has 2 unspecified atom stereocenters. The van der Waals surface area contributed by atoms with Gasteiger partial charge in [-0.15, -0.1) is 0 Å². The lowest BCUT2D eigenvalue weighted by atomic mass is 9.87. The maximum Gasteiger partial charge on any atom is 0.0278 e. The third kappa shape index (κ3) is 3.22. The predicted molar refractivity (Wildman–Crippen MR) is 85.8 cm³/mol. The third-order valence-corrected chi connectivity index (χ3v) is 6.21. The molecule has 1 heterocycles. The Morgan fingerprint density at radius 1 is 1.15 bits per heavy atom. The van der Waals surface area contributed by atoms with Gasteiger partial charge < -0.3 is 5.32 Å². The average molecular weight is 278 g/mol. The summed E-state index contributed by atoms with van der Waals surface area (Å²) >= 11 is 0. The highest BCUT2D eigenvalue weighted by Gasteiger charge is 2.44. The van der Waals surface area contributed by atoms with Crippen molar-refractivity contribution in [3.63, 3.8) is 0 Å². The molecule has 20 heavy (non-hydrogen) atoms. The Labute approximate surface area is 125 Å². The van der Waals surface area contributed by atoms with E-state index in [1.165, 1.54) is 51.7 Å². The lowest BCUT2D eigenvalue weighted by molar-refractivity contribution is 0.0408. The summed E-state index contributed by atoms with van der Waals surface area (Å²) in [5.74, 6) is 3.95. The molecular formula is C18H34N2. The highest BCUT2D eigenvalue weighted by atomic mass is 15.3. The minimum atomic E-state index is 0.336. The van der Waals surface area contributed by atoms with Gasteiger partial charge in [0, 0.05) is 31.2 Å². The van der Waals surface area contributed by atoms with Gasteiger partial charge in [-0.25, -0.2) is 0 Å². The SMILES string of the molecule is CCC1(C)CN(CC(C2CC2)C2CC2)C(C(C)C)CN1. The number of nitrogens with one attached hydrogen (secondary N) is 1. The fourth-order valence-electron chi connectivity index (χ4n) is 4.20. The summed E-state index contributed by atoms with van der Waals surface area (Å²) < 4.78 is 0. The van der Waals surface area contributed by atoms with Gasteiger partial charge in [0.1, 0.15) is 0 Å². The Hall–Kier alpha value is -0.0800. The first kappa shape index (κ1) is 14.8. The fourth-order valence-corrected chi connectivity index (χ4v) is 4.20. The first-order valence-corrected chi connectivity index (χ1v) is 9.01. The van der Waals surface area contributed by atoms with Crippen molar-refractivity contribution in [2.45, 2.75) is 71.4 Å². The molecule has 0 amide bonds. The van der Waals surface area contributed by atoms with Crippen LogP contribution in [0.25, 0.3) is 0 Å². The molecule has 3 aliphatic rings. The Morgan fingerprint density at radius 2 is 1.75 bits per heavy atom. The van der Waals surface area contributed by atoms with E-state index >= 15 is 0 Å². The molecule has 0 aromatic heterocycles. The zero-order chi connectivity index (χ0) is 14.3. The molecule has 2 heteroatoms. The molecule has 0 aromatic carbocycles. The maximum absolute atomic E-state index is 3.83. The molecule has 2 saturated carbocycles. The second-order valence-corrected chi connectivity index (χ2v) is 8.37. The summed E-state index contributed by atoms with van der Waals surface area (Å²) in [4.78, 5) is 2.87. The standard InChI is InChI=1S/C18H34N2/c1-5-18(4)12-20(17(10-19-18)13(2)3)11-16(14-6-7-14)15-8-9-15/h13-17,19H,5-12H2,1-4H3. The molecular weight excluding hydrogens is 244 g/mol. The summed E-state index contributed by atoms with van der Waals surface area (Å²) in [5.41, 5.74) is 0.336. The van der Waals surface area contributed by atoms with Gasteiger partial charge in [0.05, 0.1) is 0 Å². The molecule has 1 aliphatic heterocycles. The smallest absolute Gasteiger partial charge is 0.0278 e. The molecule has 1 N–H and O–H groups in total. The van der Waals surface area contributed by atoms with Crippen LogP contribution in [0.2, 0.25) is 0 Å². The Balaban J connectivity index is 1.68. The van der Waals surface area contributed by atoms with Crippen LogP contribution in [0.1, 0.15) is 59.8 Å². The van der Waals surface area contributed by atoms with E-state index in [1.807, 2.05) is 0 Å². The van der Waals surface area contributed by atoms with Crippen molar-refractivity contribution in [1.29, 1.82) is 0 Å². The summed E-state index contributed by atoms with van der Waals surface area (Å²) in [6, 6.07) is 0.745. The molecule has 0 bridgehead atoms. The molecule has 1 saturated heterocycles. The van der Waals surface area contributed by atoms with Crippen LogP contribution in [0.5, 0.6) is 0 Å². The zero-order valence-corrected chi connectivity index (χ0v) is 14.0. The lowest BCUT2D eigenvalue weighted by Gasteiger charge is -2.48. The predicted octanol–water partition coefficient (Wildman–Crippen LogP) is 3.52. The van der Waals surface area contributed by atoms with Gasteiger partial charge in [0.15, 0.2) is 0 Å². The molecule has 2 nitrogen and oxygen atoms in total. The highest BCUT2D eigenvalue weighted by molar-refractivity contribution is 4.99. The van der Waals surface area contributed by atoms with Crippen LogP contribution in [0, 0.1) is 23.7 Å². The van der Waals surface area contributed by atoms with Crippen LogP contribution in [0.15, 0.2) is 0 Å². The zero-order valence-electron chi connectivity index (χ0n) is 14.0. The molecule has 2 atom stereocenters. The van der Waals surface area contributed by atoms with Crippen molar-refractivity contribution in [3.05, 3.63) is 0 Å². The van der Waals surface area contributed by atoms with Crippen LogP contribution < -0.4 is 5.32 Å². The van der Waals surface area contributed by atoms with Gasteiger partial charge in [-0.05, 0) is 62.7 Å². The lowest BCUT2D eigenvalue weighted by Crippen LogP contribution is -2.64. The second-order valence-electron chi connectivity index (χ2n) is 8.37. The quantitative estimate of drug-likeness (QED) is 0.800. The van der Waals surface area contributed by atoms with Crippen LogP contribution in [-0.2, 0) is 0 Å². The first-order chi connectivity index (χ1) is 9.52. The van der Waals surface area contributed by atoms with E-state index in [0.29, 0.717) is 5.54 Å². The van der Waals surface area contributed by atoms with E-state index in [9.17, 15) is 0 Å². The monoisotopic (exact) mass is 278 g/mol. The molecule has 116 valence electrons. The summed E-state index contributed by atoms with van der Waals surface area (Å²) in [5, 5.41) is 3.83. The minimum absolute atomic E-state index is 0.336. The van der Waals surface area contributed by atoms with Gasteiger partial charge in [0.2, 0.25) is 0 Å². The van der Waals surface area contributed by atoms with Crippen molar-refractivity contribution < 1.29 is 0 Å². The van der Waals surface area contributed by atoms with Crippen molar-refractivity contribution in [3.8, 4) is 0 Å². The van der Waals surface area contributed by atoms with Gasteiger partial charge >= 0.3 is 0 Å². The highest BCUT2D eigenvalue weighted by Crippen LogP contribution is 2.49. The average Bonchev–Trinajstić information content (AvgIpc) is 3.28. The van der Waals surface area contributed by atoms with Crippen LogP contribution >= 0.6 is 0 Å². The summed E-state index contributed by atoms with van der Waals surface area (Å²) in [7, 11) is 0. The maximum atomic E-state index is 3.83. The van der Waals surface area contributed by atoms with E-state index in [2.05, 4.69) is 37.9 Å². The van der Waals surface area contributed by atoms with Gasteiger partial charge in [-0.3, -0.25) is 4.90 Å². The fraction of sp³-hybridized carbons (Fsp3) is 1.00. The van der Waals surface area contributed by atoms with Crippen LogP contribution in [-0.4, -0.2) is 36.1 Å². The molecule has 3 fully saturated rings. The van der Waals surface area contributed by atoms with Gasteiger partial charge in [-0.2, -0.15) is 0 Å². The normalized spacial score (nSPS) is 36.0. The largest absolute Gasteiger partial charge is 0.309 e. The van der Waals surface area contributed by atoms with Crippen molar-refractivity contribution in [1.82, 2.24) is 10.2 Å². The topological polar surface area (TPSA) is 15.3 Å². The molecule has 0 aromatic rings. The Bertz CT molecular complexity index is 320. The number of hydrogen-bond acceptors (Lipinski definition) is 2. The van der Waals surface area contributed by atoms with Crippen LogP contribution in [0.3, 0.4) is 0 Å². The van der Waals surface area contributed by atoms with Crippen molar-refractivity contribution >= 4 is 0 Å². The van der Waals surface area contributed by atoms with E-state index in [4.69, 9.17) is 0 Å². The Morgan fingerprint density at radius 3 is 2.20 bits per heavy atom.